The van der Waals surface area contributed by atoms with Crippen molar-refractivity contribution in [3.63, 3.8) is 0 Å². The maximum Gasteiger partial charge on any atom is 0.142 e. The number of aromatic nitrogens is 2. The van der Waals surface area contributed by atoms with Gasteiger partial charge in [0.1, 0.15) is 16.1 Å². The molecular formula is C15H9Cl3N2S. The molecule has 0 amide bonds. The summed E-state index contributed by atoms with van der Waals surface area (Å²) in [6, 6.07) is 11.3. The van der Waals surface area contributed by atoms with Crippen molar-refractivity contribution in [2.45, 2.75) is 6.42 Å². The number of hydrogen-bond acceptors (Lipinski definition) is 3. The van der Waals surface area contributed by atoms with Crippen molar-refractivity contribution in [3.8, 4) is 11.1 Å². The first-order chi connectivity index (χ1) is 10.1. The van der Waals surface area contributed by atoms with E-state index in [9.17, 15) is 0 Å². The van der Waals surface area contributed by atoms with Crippen LogP contribution in [0.5, 0.6) is 0 Å². The molecule has 0 unspecified atom stereocenters. The zero-order chi connectivity index (χ0) is 14.8. The van der Waals surface area contributed by atoms with Crippen LogP contribution in [-0.2, 0) is 6.42 Å². The molecule has 0 aliphatic carbocycles. The molecule has 21 heavy (non-hydrogen) atoms. The maximum absolute atomic E-state index is 6.28. The van der Waals surface area contributed by atoms with E-state index in [1.54, 1.807) is 23.5 Å². The summed E-state index contributed by atoms with van der Waals surface area (Å²) >= 11 is 20.1. The Bertz CT molecular complexity index is 732. The summed E-state index contributed by atoms with van der Waals surface area (Å²) in [4.78, 5) is 9.87. The molecule has 0 radical (unpaired) electrons. The van der Waals surface area contributed by atoms with Crippen molar-refractivity contribution in [1.29, 1.82) is 0 Å². The Labute approximate surface area is 141 Å². The van der Waals surface area contributed by atoms with Crippen LogP contribution in [0, 0.1) is 0 Å². The normalized spacial score (nSPS) is 10.8. The molecule has 3 aromatic rings. The van der Waals surface area contributed by atoms with Gasteiger partial charge >= 0.3 is 0 Å². The topological polar surface area (TPSA) is 25.8 Å². The van der Waals surface area contributed by atoms with Gasteiger partial charge in [0.15, 0.2) is 0 Å². The fourth-order valence-corrected chi connectivity index (χ4v) is 3.42. The predicted molar refractivity (Wildman–Crippen MR) is 89.6 cm³/mol. The van der Waals surface area contributed by atoms with Gasteiger partial charge in [-0.25, -0.2) is 9.97 Å². The lowest BCUT2D eigenvalue weighted by Crippen LogP contribution is -1.98. The number of nitrogens with zero attached hydrogens (tertiary/aromatic N) is 2. The highest BCUT2D eigenvalue weighted by molar-refractivity contribution is 7.09. The Morgan fingerprint density at radius 1 is 0.905 bits per heavy atom. The largest absolute Gasteiger partial charge is 0.220 e. The summed E-state index contributed by atoms with van der Waals surface area (Å²) in [5.41, 5.74) is 1.47. The lowest BCUT2D eigenvalue weighted by atomic mass is 10.1. The number of hydrogen-bond donors (Lipinski definition) is 0. The fourth-order valence-electron chi connectivity index (χ4n) is 1.95. The van der Waals surface area contributed by atoms with Crippen LogP contribution in [0.2, 0.25) is 15.3 Å². The van der Waals surface area contributed by atoms with Crippen molar-refractivity contribution >= 4 is 46.1 Å². The van der Waals surface area contributed by atoms with Crippen molar-refractivity contribution < 1.29 is 0 Å². The zero-order valence-corrected chi connectivity index (χ0v) is 13.8. The zero-order valence-electron chi connectivity index (χ0n) is 10.7. The monoisotopic (exact) mass is 354 g/mol. The van der Waals surface area contributed by atoms with Crippen molar-refractivity contribution in [3.05, 3.63) is 67.8 Å². The van der Waals surface area contributed by atoms with Crippen LogP contribution in [0.3, 0.4) is 0 Å². The van der Waals surface area contributed by atoms with Crippen LogP contribution in [0.1, 0.15) is 10.7 Å². The molecule has 0 spiro atoms. The minimum absolute atomic E-state index is 0.351. The fraction of sp³-hybridized carbons (Fsp3) is 0.0667. The first-order valence-corrected chi connectivity index (χ1v) is 8.15. The first kappa shape index (κ1) is 14.8. The maximum atomic E-state index is 6.28. The Hall–Kier alpha value is -1.13. The van der Waals surface area contributed by atoms with E-state index in [1.807, 2.05) is 29.6 Å². The highest BCUT2D eigenvalue weighted by atomic mass is 35.5. The Balaban J connectivity index is 1.98. The Morgan fingerprint density at radius 3 is 2.14 bits per heavy atom. The molecule has 106 valence electrons. The molecule has 1 aromatic carbocycles. The van der Waals surface area contributed by atoms with Crippen molar-refractivity contribution in [2.75, 3.05) is 0 Å². The van der Waals surface area contributed by atoms with E-state index in [1.165, 1.54) is 4.88 Å². The SMILES string of the molecule is Clc1ccc(-c2c(Cl)nc(Cc3cccs3)nc2Cl)cc1. The lowest BCUT2D eigenvalue weighted by Gasteiger charge is -2.08. The molecule has 0 saturated heterocycles. The van der Waals surface area contributed by atoms with Gasteiger partial charge in [-0.15, -0.1) is 11.3 Å². The molecule has 0 atom stereocenters. The highest BCUT2D eigenvalue weighted by Crippen LogP contribution is 2.33. The van der Waals surface area contributed by atoms with Gasteiger partial charge in [0.25, 0.3) is 0 Å². The molecule has 3 rings (SSSR count). The molecule has 0 aliphatic heterocycles. The van der Waals surface area contributed by atoms with E-state index in [4.69, 9.17) is 34.8 Å². The van der Waals surface area contributed by atoms with Crippen LogP contribution in [-0.4, -0.2) is 9.97 Å². The van der Waals surface area contributed by atoms with Crippen LogP contribution >= 0.6 is 46.1 Å². The van der Waals surface area contributed by atoms with E-state index in [0.717, 1.165) is 5.56 Å². The van der Waals surface area contributed by atoms with Gasteiger partial charge in [-0.05, 0) is 29.1 Å². The highest BCUT2D eigenvalue weighted by Gasteiger charge is 2.14. The third-order valence-electron chi connectivity index (χ3n) is 2.91. The Kier molecular flexibility index (Phi) is 4.45. The molecule has 6 heteroatoms. The minimum Gasteiger partial charge on any atom is -0.220 e. The third kappa shape index (κ3) is 3.38. The molecular weight excluding hydrogens is 347 g/mol. The molecule has 2 nitrogen and oxygen atoms in total. The van der Waals surface area contributed by atoms with Gasteiger partial charge in [0.05, 0.1) is 5.56 Å². The van der Waals surface area contributed by atoms with Crippen LogP contribution in [0.4, 0.5) is 0 Å². The van der Waals surface area contributed by atoms with Gasteiger partial charge in [-0.1, -0.05) is 53.0 Å². The smallest absolute Gasteiger partial charge is 0.142 e. The Morgan fingerprint density at radius 2 is 1.57 bits per heavy atom. The summed E-state index contributed by atoms with van der Waals surface area (Å²) in [6.45, 7) is 0. The second-order valence-corrected chi connectivity index (χ2v) is 6.54. The van der Waals surface area contributed by atoms with Gasteiger partial charge in [0.2, 0.25) is 0 Å². The number of thiophene rings is 1. The van der Waals surface area contributed by atoms with Crippen LogP contribution in [0.15, 0.2) is 41.8 Å². The average molecular weight is 356 g/mol. The standard InChI is InChI=1S/C15H9Cl3N2S/c16-10-5-3-9(4-6-10)13-14(17)19-12(20-15(13)18)8-11-2-1-7-21-11/h1-7H,8H2. The van der Waals surface area contributed by atoms with Gasteiger partial charge in [0, 0.05) is 16.3 Å². The third-order valence-corrected chi connectivity index (χ3v) is 4.59. The lowest BCUT2D eigenvalue weighted by molar-refractivity contribution is 0.983. The quantitative estimate of drug-likeness (QED) is 0.558. The molecule has 0 bridgehead atoms. The van der Waals surface area contributed by atoms with Gasteiger partial charge < -0.3 is 0 Å². The first-order valence-electron chi connectivity index (χ1n) is 6.14. The molecule has 2 aromatic heterocycles. The molecule has 0 N–H and O–H groups in total. The average Bonchev–Trinajstić information content (AvgIpc) is 2.93. The van der Waals surface area contributed by atoms with E-state index in [0.29, 0.717) is 33.1 Å². The van der Waals surface area contributed by atoms with E-state index >= 15 is 0 Å². The number of rotatable bonds is 3. The summed E-state index contributed by atoms with van der Waals surface area (Å²) < 4.78 is 0. The second kappa shape index (κ2) is 6.32. The molecule has 0 aliphatic rings. The van der Waals surface area contributed by atoms with Crippen LogP contribution < -0.4 is 0 Å². The number of benzene rings is 1. The van der Waals surface area contributed by atoms with Crippen molar-refractivity contribution in [1.82, 2.24) is 9.97 Å². The minimum atomic E-state index is 0.351. The summed E-state index contributed by atoms with van der Waals surface area (Å²) in [5, 5.41) is 3.37. The molecule has 0 saturated carbocycles. The summed E-state index contributed by atoms with van der Waals surface area (Å²) in [7, 11) is 0. The van der Waals surface area contributed by atoms with Gasteiger partial charge in [-0.2, -0.15) is 0 Å². The van der Waals surface area contributed by atoms with Crippen LogP contribution in [0.25, 0.3) is 11.1 Å². The second-order valence-electron chi connectivity index (χ2n) is 4.36. The van der Waals surface area contributed by atoms with Crippen molar-refractivity contribution in [2.24, 2.45) is 0 Å². The predicted octanol–water partition coefficient (Wildman–Crippen LogP) is 5.76. The van der Waals surface area contributed by atoms with E-state index < -0.39 is 0 Å². The summed E-state index contributed by atoms with van der Waals surface area (Å²) in [6.07, 6.45) is 0.623. The number of halogens is 3. The summed E-state index contributed by atoms with van der Waals surface area (Å²) in [5.74, 6) is 0.616. The van der Waals surface area contributed by atoms with E-state index in [-0.39, 0.29) is 0 Å². The molecule has 0 fully saturated rings. The van der Waals surface area contributed by atoms with Gasteiger partial charge in [-0.3, -0.25) is 0 Å². The molecule has 2 heterocycles. The van der Waals surface area contributed by atoms with E-state index in [2.05, 4.69) is 9.97 Å².